The minimum Gasteiger partial charge on any atom is -0.256 e. The van der Waals surface area contributed by atoms with Crippen LogP contribution in [0.15, 0.2) is 128 Å². The first-order chi connectivity index (χ1) is 22.1. The van der Waals surface area contributed by atoms with Gasteiger partial charge in [0, 0.05) is 17.0 Å². The monoisotopic (exact) mass is 593 g/mol. The van der Waals surface area contributed by atoms with Crippen LogP contribution in [0.25, 0.3) is 76.2 Å². The Labute approximate surface area is 271 Å². The standard InChI is InChI=1S/C45H39N/c1-44(2,3)41-38-22-19-29-12-9-23-46-43(29)40(38)42(45(4,5)6)37-21-20-36(27-39(37)41)35-18-17-33-25-32(15-16-34(33)26-35)31-14-13-28-10-7-8-11-30(28)24-31/h7-27H,1-6H3. The summed E-state index contributed by atoms with van der Waals surface area (Å²) in [6.45, 7) is 14.0. The molecule has 46 heavy (non-hydrogen) atoms. The summed E-state index contributed by atoms with van der Waals surface area (Å²) in [6.07, 6.45) is 1.93. The molecule has 1 heterocycles. The van der Waals surface area contributed by atoms with Gasteiger partial charge in [-0.25, -0.2) is 0 Å². The Morgan fingerprint density at radius 2 is 0.870 bits per heavy atom. The summed E-state index contributed by atoms with van der Waals surface area (Å²) in [5, 5.41) is 11.5. The van der Waals surface area contributed by atoms with Gasteiger partial charge >= 0.3 is 0 Å². The normalized spacial score (nSPS) is 12.6. The van der Waals surface area contributed by atoms with E-state index in [9.17, 15) is 0 Å². The van der Waals surface area contributed by atoms with Crippen LogP contribution in [0.4, 0.5) is 0 Å². The third-order valence-corrected chi connectivity index (χ3v) is 9.61. The predicted octanol–water partition coefficient (Wildman–Crippen LogP) is 12.8. The van der Waals surface area contributed by atoms with Crippen molar-refractivity contribution in [1.29, 1.82) is 0 Å². The molecule has 224 valence electrons. The van der Waals surface area contributed by atoms with Crippen molar-refractivity contribution in [3.63, 3.8) is 0 Å². The zero-order valence-corrected chi connectivity index (χ0v) is 27.6. The molecule has 0 N–H and O–H groups in total. The van der Waals surface area contributed by atoms with Crippen molar-refractivity contribution in [1.82, 2.24) is 4.98 Å². The number of pyridine rings is 1. The molecule has 0 aliphatic rings. The van der Waals surface area contributed by atoms with E-state index in [-0.39, 0.29) is 10.8 Å². The third kappa shape index (κ3) is 4.65. The highest BCUT2D eigenvalue weighted by atomic mass is 14.6. The fraction of sp³-hybridized carbons (Fsp3) is 0.178. The quantitative estimate of drug-likeness (QED) is 0.143. The summed E-state index contributed by atoms with van der Waals surface area (Å²) in [4.78, 5) is 4.95. The molecule has 0 aliphatic carbocycles. The second-order valence-corrected chi connectivity index (χ2v) is 14.9. The molecule has 0 fully saturated rings. The number of benzene rings is 7. The van der Waals surface area contributed by atoms with E-state index in [0.29, 0.717) is 0 Å². The van der Waals surface area contributed by atoms with Crippen LogP contribution in [0.2, 0.25) is 0 Å². The lowest BCUT2D eigenvalue weighted by Crippen LogP contribution is -2.18. The first-order valence-electron chi connectivity index (χ1n) is 16.4. The van der Waals surface area contributed by atoms with Gasteiger partial charge in [-0.2, -0.15) is 0 Å². The maximum absolute atomic E-state index is 4.95. The summed E-state index contributed by atoms with van der Waals surface area (Å²) in [7, 11) is 0. The summed E-state index contributed by atoms with van der Waals surface area (Å²) in [6, 6.07) is 45.0. The van der Waals surface area contributed by atoms with Crippen LogP contribution in [-0.2, 0) is 10.8 Å². The average molecular weight is 594 g/mol. The molecule has 1 nitrogen and oxygen atoms in total. The van der Waals surface area contributed by atoms with Crippen molar-refractivity contribution in [3.05, 3.63) is 139 Å². The summed E-state index contributed by atoms with van der Waals surface area (Å²) in [5.41, 5.74) is 8.72. The lowest BCUT2D eigenvalue weighted by Gasteiger charge is -2.31. The molecule has 0 bridgehead atoms. The highest BCUT2D eigenvalue weighted by Gasteiger charge is 2.29. The highest BCUT2D eigenvalue weighted by molar-refractivity contribution is 6.17. The van der Waals surface area contributed by atoms with Gasteiger partial charge in [0.25, 0.3) is 0 Å². The van der Waals surface area contributed by atoms with Gasteiger partial charge in [-0.3, -0.25) is 4.98 Å². The number of aromatic nitrogens is 1. The molecule has 0 saturated heterocycles. The predicted molar refractivity (Wildman–Crippen MR) is 200 cm³/mol. The van der Waals surface area contributed by atoms with Gasteiger partial charge < -0.3 is 0 Å². The molecule has 0 atom stereocenters. The number of hydrogen-bond donors (Lipinski definition) is 0. The molecule has 8 rings (SSSR count). The summed E-state index contributed by atoms with van der Waals surface area (Å²) >= 11 is 0. The molecule has 7 aromatic carbocycles. The van der Waals surface area contributed by atoms with E-state index < -0.39 is 0 Å². The summed E-state index contributed by atoms with van der Waals surface area (Å²) < 4.78 is 0. The van der Waals surface area contributed by atoms with E-state index in [4.69, 9.17) is 4.98 Å². The lowest BCUT2D eigenvalue weighted by atomic mass is 9.73. The van der Waals surface area contributed by atoms with E-state index in [1.807, 2.05) is 12.3 Å². The Kier molecular flexibility index (Phi) is 6.35. The molecular formula is C45H39N. The highest BCUT2D eigenvalue weighted by Crippen LogP contribution is 2.46. The van der Waals surface area contributed by atoms with Crippen molar-refractivity contribution >= 4 is 54.0 Å². The van der Waals surface area contributed by atoms with Gasteiger partial charge in [0.05, 0.1) is 5.52 Å². The number of fused-ring (bicyclic) bond motifs is 6. The van der Waals surface area contributed by atoms with E-state index in [1.54, 1.807) is 0 Å². The summed E-state index contributed by atoms with van der Waals surface area (Å²) in [5.74, 6) is 0. The molecule has 8 aromatic rings. The van der Waals surface area contributed by atoms with Gasteiger partial charge in [0.1, 0.15) is 0 Å². The minimum atomic E-state index is -0.0636. The van der Waals surface area contributed by atoms with E-state index >= 15 is 0 Å². The van der Waals surface area contributed by atoms with Gasteiger partial charge in [-0.1, -0.05) is 133 Å². The Bertz CT molecular complexity index is 2480. The largest absolute Gasteiger partial charge is 0.256 e. The van der Waals surface area contributed by atoms with Gasteiger partial charge in [0.15, 0.2) is 0 Å². The fourth-order valence-corrected chi connectivity index (χ4v) is 7.60. The Balaban J connectivity index is 1.32. The second kappa shape index (κ2) is 10.3. The van der Waals surface area contributed by atoms with Crippen LogP contribution in [0, 0.1) is 0 Å². The van der Waals surface area contributed by atoms with Gasteiger partial charge in [-0.15, -0.1) is 0 Å². The van der Waals surface area contributed by atoms with Gasteiger partial charge in [-0.05, 0) is 112 Å². The molecule has 0 spiro atoms. The van der Waals surface area contributed by atoms with Crippen molar-refractivity contribution in [2.24, 2.45) is 0 Å². The number of rotatable bonds is 2. The van der Waals surface area contributed by atoms with Gasteiger partial charge in [0.2, 0.25) is 0 Å². The van der Waals surface area contributed by atoms with Crippen LogP contribution >= 0.6 is 0 Å². The first-order valence-corrected chi connectivity index (χ1v) is 16.4. The minimum absolute atomic E-state index is 0.0590. The van der Waals surface area contributed by atoms with Crippen molar-refractivity contribution in [3.8, 4) is 22.3 Å². The maximum atomic E-state index is 4.95. The third-order valence-electron chi connectivity index (χ3n) is 9.61. The maximum Gasteiger partial charge on any atom is 0.0783 e. The van der Waals surface area contributed by atoms with Crippen molar-refractivity contribution in [2.45, 2.75) is 52.4 Å². The lowest BCUT2D eigenvalue weighted by molar-refractivity contribution is 0.593. The zero-order chi connectivity index (χ0) is 31.8. The smallest absolute Gasteiger partial charge is 0.0783 e. The van der Waals surface area contributed by atoms with E-state index in [2.05, 4.69) is 157 Å². The topological polar surface area (TPSA) is 12.9 Å². The Hall–Kier alpha value is -5.01. The number of hydrogen-bond acceptors (Lipinski definition) is 1. The van der Waals surface area contributed by atoms with Crippen LogP contribution in [0.1, 0.15) is 52.7 Å². The van der Waals surface area contributed by atoms with Crippen LogP contribution < -0.4 is 0 Å². The number of nitrogens with zero attached hydrogens (tertiary/aromatic N) is 1. The molecule has 0 unspecified atom stereocenters. The molecule has 0 radical (unpaired) electrons. The SMILES string of the molecule is CC(C)(C)c1c2cc(-c3ccc4cc(-c5ccc6ccccc6c5)ccc4c3)ccc2c(C(C)(C)C)c2c1ccc1cccnc12. The van der Waals surface area contributed by atoms with Crippen molar-refractivity contribution in [2.75, 3.05) is 0 Å². The molecule has 0 aliphatic heterocycles. The molecule has 1 heteroatoms. The Morgan fingerprint density at radius 3 is 1.50 bits per heavy atom. The Morgan fingerprint density at radius 1 is 0.391 bits per heavy atom. The van der Waals surface area contributed by atoms with Crippen LogP contribution in [0.3, 0.4) is 0 Å². The molecular weight excluding hydrogens is 555 g/mol. The van der Waals surface area contributed by atoms with Crippen LogP contribution in [0.5, 0.6) is 0 Å². The zero-order valence-electron chi connectivity index (χ0n) is 27.6. The fourth-order valence-electron chi connectivity index (χ4n) is 7.60. The van der Waals surface area contributed by atoms with Crippen molar-refractivity contribution < 1.29 is 0 Å². The van der Waals surface area contributed by atoms with E-state index in [0.717, 1.165) is 5.52 Å². The van der Waals surface area contributed by atoms with E-state index in [1.165, 1.54) is 81.9 Å². The average Bonchev–Trinajstić information content (AvgIpc) is 3.05. The molecule has 0 saturated carbocycles. The second-order valence-electron chi connectivity index (χ2n) is 14.9. The molecule has 0 amide bonds. The van der Waals surface area contributed by atoms with Crippen LogP contribution in [-0.4, -0.2) is 4.98 Å². The first kappa shape index (κ1) is 28.5. The molecule has 1 aromatic heterocycles.